The number of carbonyl (C=O) groups excluding carboxylic acids is 2. The van der Waals surface area contributed by atoms with E-state index in [4.69, 9.17) is 9.15 Å². The zero-order valence-electron chi connectivity index (χ0n) is 16.3. The lowest BCUT2D eigenvalue weighted by atomic mass is 9.90. The Morgan fingerprint density at radius 1 is 1.07 bits per heavy atom. The average molecular weight is 392 g/mol. The van der Waals surface area contributed by atoms with Crippen LogP contribution in [0, 0.1) is 0 Å². The number of aliphatic hydroxyl groups excluding tert-OH is 1. The van der Waals surface area contributed by atoms with Crippen LogP contribution < -0.4 is 5.63 Å². The predicted molar refractivity (Wildman–Crippen MR) is 110 cm³/mol. The summed E-state index contributed by atoms with van der Waals surface area (Å²) in [5.74, 6) is -1.26. The van der Waals surface area contributed by atoms with E-state index < -0.39 is 17.4 Å². The maximum atomic E-state index is 12.9. The summed E-state index contributed by atoms with van der Waals surface area (Å²) >= 11 is 0. The minimum Gasteiger partial charge on any atom is -0.512 e. The molecular weight excluding hydrogens is 372 g/mol. The van der Waals surface area contributed by atoms with Gasteiger partial charge in [0, 0.05) is 10.9 Å². The van der Waals surface area contributed by atoms with Gasteiger partial charge in [0.15, 0.2) is 5.78 Å². The summed E-state index contributed by atoms with van der Waals surface area (Å²) in [6.07, 6.45) is 0. The van der Waals surface area contributed by atoms with Crippen molar-refractivity contribution in [3.05, 3.63) is 75.8 Å². The van der Waals surface area contributed by atoms with Gasteiger partial charge in [-0.1, -0.05) is 30.3 Å². The quantitative estimate of drug-likeness (QED) is 0.297. The molecule has 0 atom stereocenters. The van der Waals surface area contributed by atoms with Gasteiger partial charge >= 0.3 is 11.6 Å². The lowest BCUT2D eigenvalue weighted by Crippen LogP contribution is -2.14. The molecule has 0 saturated carbocycles. The van der Waals surface area contributed by atoms with Gasteiger partial charge in [-0.25, -0.2) is 9.59 Å². The molecule has 0 aliphatic carbocycles. The SMILES string of the molecule is CCOC(=O)c1ccc2c(-c3ccccc3)c(/C(C(C)=O)=C(\C)O)c(=O)oc2c1. The van der Waals surface area contributed by atoms with Crippen molar-refractivity contribution in [3.63, 3.8) is 0 Å². The van der Waals surface area contributed by atoms with Crippen LogP contribution in [0.1, 0.15) is 36.7 Å². The van der Waals surface area contributed by atoms with Crippen LogP contribution in [-0.4, -0.2) is 23.5 Å². The van der Waals surface area contributed by atoms with Crippen molar-refractivity contribution in [2.24, 2.45) is 0 Å². The van der Waals surface area contributed by atoms with Crippen LogP contribution in [0.25, 0.3) is 27.7 Å². The van der Waals surface area contributed by atoms with Crippen LogP contribution in [0.5, 0.6) is 0 Å². The number of hydrogen-bond donors (Lipinski definition) is 1. The largest absolute Gasteiger partial charge is 0.512 e. The molecule has 1 heterocycles. The summed E-state index contributed by atoms with van der Waals surface area (Å²) in [7, 11) is 0. The molecule has 0 bridgehead atoms. The van der Waals surface area contributed by atoms with Crippen molar-refractivity contribution >= 4 is 28.3 Å². The van der Waals surface area contributed by atoms with E-state index >= 15 is 0 Å². The number of ether oxygens (including phenoxy) is 1. The fraction of sp³-hybridized carbons (Fsp3) is 0.174. The molecule has 6 heteroatoms. The molecule has 0 aliphatic heterocycles. The lowest BCUT2D eigenvalue weighted by molar-refractivity contribution is -0.111. The van der Waals surface area contributed by atoms with Crippen LogP contribution in [0.3, 0.4) is 0 Å². The second kappa shape index (κ2) is 8.14. The Balaban J connectivity index is 2.43. The third kappa shape index (κ3) is 3.82. The standard InChI is InChI=1S/C23H20O6/c1-4-28-22(26)16-10-11-17-18(12-16)29-23(27)21(19(13(2)24)14(3)25)20(17)15-8-6-5-7-9-15/h5-12,24H,4H2,1-3H3/b19-13+. The summed E-state index contributed by atoms with van der Waals surface area (Å²) in [6.45, 7) is 4.54. The molecule has 1 aromatic heterocycles. The van der Waals surface area contributed by atoms with Gasteiger partial charge in [0.05, 0.1) is 23.3 Å². The molecule has 0 aliphatic rings. The van der Waals surface area contributed by atoms with Gasteiger partial charge < -0.3 is 14.3 Å². The van der Waals surface area contributed by atoms with Gasteiger partial charge in [0.2, 0.25) is 0 Å². The number of aliphatic hydroxyl groups is 1. The molecule has 1 N–H and O–H groups in total. The molecule has 0 spiro atoms. The van der Waals surface area contributed by atoms with Crippen LogP contribution in [0.4, 0.5) is 0 Å². The van der Waals surface area contributed by atoms with Gasteiger partial charge in [-0.2, -0.15) is 0 Å². The number of carbonyl (C=O) groups is 2. The summed E-state index contributed by atoms with van der Waals surface area (Å²) in [6, 6.07) is 13.7. The van der Waals surface area contributed by atoms with Crippen LogP contribution in [0.15, 0.2) is 63.5 Å². The van der Waals surface area contributed by atoms with E-state index in [2.05, 4.69) is 0 Å². The maximum Gasteiger partial charge on any atom is 0.345 e. The Kier molecular flexibility index (Phi) is 5.64. The fourth-order valence-electron chi connectivity index (χ4n) is 3.29. The van der Waals surface area contributed by atoms with Crippen molar-refractivity contribution in [2.45, 2.75) is 20.8 Å². The lowest BCUT2D eigenvalue weighted by Gasteiger charge is -2.14. The number of hydrogen-bond acceptors (Lipinski definition) is 6. The number of Topliss-reactive ketones (excluding diaryl/α,β-unsaturated/α-hetero) is 1. The molecule has 3 rings (SSSR count). The molecule has 0 unspecified atom stereocenters. The molecule has 148 valence electrons. The molecule has 2 aromatic carbocycles. The number of rotatable bonds is 5. The number of ketones is 1. The van der Waals surface area contributed by atoms with Crippen molar-refractivity contribution in [3.8, 4) is 11.1 Å². The summed E-state index contributed by atoms with van der Waals surface area (Å²) < 4.78 is 10.4. The Morgan fingerprint density at radius 3 is 2.34 bits per heavy atom. The summed E-state index contributed by atoms with van der Waals surface area (Å²) in [4.78, 5) is 37.2. The van der Waals surface area contributed by atoms with E-state index in [9.17, 15) is 19.5 Å². The Bertz CT molecular complexity index is 1180. The van der Waals surface area contributed by atoms with Gasteiger partial charge in [0.1, 0.15) is 11.3 Å². The van der Waals surface area contributed by atoms with Crippen LogP contribution in [-0.2, 0) is 9.53 Å². The number of benzene rings is 2. The predicted octanol–water partition coefficient (Wildman–Crippen LogP) is 4.51. The third-order valence-corrected chi connectivity index (χ3v) is 4.45. The third-order valence-electron chi connectivity index (χ3n) is 4.45. The topological polar surface area (TPSA) is 93.8 Å². The molecular formula is C23H20O6. The van der Waals surface area contributed by atoms with Crippen LogP contribution in [0.2, 0.25) is 0 Å². The number of allylic oxidation sites excluding steroid dienone is 2. The number of esters is 1. The van der Waals surface area contributed by atoms with Crippen LogP contribution >= 0.6 is 0 Å². The Morgan fingerprint density at radius 2 is 1.76 bits per heavy atom. The van der Waals surface area contributed by atoms with E-state index in [1.165, 1.54) is 19.9 Å². The van der Waals surface area contributed by atoms with E-state index in [-0.39, 0.29) is 34.6 Å². The van der Waals surface area contributed by atoms with E-state index in [1.807, 2.05) is 6.07 Å². The van der Waals surface area contributed by atoms with Gasteiger partial charge in [-0.05, 0) is 44.5 Å². The highest BCUT2D eigenvalue weighted by atomic mass is 16.5. The first-order chi connectivity index (χ1) is 13.8. The second-order valence-corrected chi connectivity index (χ2v) is 6.45. The fourth-order valence-corrected chi connectivity index (χ4v) is 3.29. The Hall–Kier alpha value is -3.67. The molecule has 3 aromatic rings. The summed E-state index contributed by atoms with van der Waals surface area (Å²) in [5, 5.41) is 10.6. The smallest absolute Gasteiger partial charge is 0.345 e. The monoisotopic (exact) mass is 392 g/mol. The molecule has 0 radical (unpaired) electrons. The van der Waals surface area contributed by atoms with Crippen molar-refractivity contribution in [1.29, 1.82) is 0 Å². The second-order valence-electron chi connectivity index (χ2n) is 6.45. The zero-order valence-corrected chi connectivity index (χ0v) is 16.3. The van der Waals surface area contributed by atoms with E-state index in [0.29, 0.717) is 16.5 Å². The van der Waals surface area contributed by atoms with Crippen molar-refractivity contribution in [2.75, 3.05) is 6.61 Å². The average Bonchev–Trinajstić information content (AvgIpc) is 2.68. The van der Waals surface area contributed by atoms with Crippen molar-refractivity contribution in [1.82, 2.24) is 0 Å². The normalized spacial score (nSPS) is 11.8. The highest BCUT2D eigenvalue weighted by Crippen LogP contribution is 2.35. The van der Waals surface area contributed by atoms with E-state index in [1.54, 1.807) is 43.3 Å². The van der Waals surface area contributed by atoms with Gasteiger partial charge in [-0.15, -0.1) is 0 Å². The molecule has 29 heavy (non-hydrogen) atoms. The molecule has 6 nitrogen and oxygen atoms in total. The van der Waals surface area contributed by atoms with Crippen molar-refractivity contribution < 1.29 is 23.8 Å². The first kappa shape index (κ1) is 20.1. The number of fused-ring (bicyclic) bond motifs is 1. The molecule has 0 saturated heterocycles. The molecule has 0 amide bonds. The van der Waals surface area contributed by atoms with E-state index in [0.717, 1.165) is 0 Å². The Labute approximate surface area is 167 Å². The first-order valence-corrected chi connectivity index (χ1v) is 9.09. The minimum absolute atomic E-state index is 0.0138. The minimum atomic E-state index is -0.782. The maximum absolute atomic E-state index is 12.9. The van der Waals surface area contributed by atoms with Gasteiger partial charge in [0.25, 0.3) is 0 Å². The zero-order chi connectivity index (χ0) is 21.1. The highest BCUT2D eigenvalue weighted by molar-refractivity contribution is 6.23. The highest BCUT2D eigenvalue weighted by Gasteiger charge is 2.24. The first-order valence-electron chi connectivity index (χ1n) is 9.09. The molecule has 0 fully saturated rings. The summed E-state index contributed by atoms with van der Waals surface area (Å²) in [5.41, 5.74) is 0.650. The van der Waals surface area contributed by atoms with Gasteiger partial charge in [-0.3, -0.25) is 4.79 Å².